The summed E-state index contributed by atoms with van der Waals surface area (Å²) in [5.74, 6) is 0.00142. The van der Waals surface area contributed by atoms with Crippen LogP contribution in [0.2, 0.25) is 0 Å². The maximum absolute atomic E-state index is 12.7. The van der Waals surface area contributed by atoms with Gasteiger partial charge in [-0.15, -0.1) is 0 Å². The number of aromatic nitrogens is 1. The number of carbonyl (C=O) groups is 1. The van der Waals surface area contributed by atoms with Crippen LogP contribution >= 0.6 is 0 Å². The molecule has 0 aliphatic carbocycles. The Bertz CT molecular complexity index is 1020. The first kappa shape index (κ1) is 18.7. The van der Waals surface area contributed by atoms with Gasteiger partial charge in [-0.2, -0.15) is 5.26 Å². The molecule has 138 valence electrons. The second kappa shape index (κ2) is 7.67. The van der Waals surface area contributed by atoms with Crippen molar-refractivity contribution < 1.29 is 9.53 Å². The zero-order valence-electron chi connectivity index (χ0n) is 16.2. The van der Waals surface area contributed by atoms with Crippen LogP contribution in [0.25, 0.3) is 10.9 Å². The Labute approximate surface area is 160 Å². The highest BCUT2D eigenvalue weighted by Gasteiger charge is 2.24. The van der Waals surface area contributed by atoms with Crippen molar-refractivity contribution in [1.82, 2.24) is 4.57 Å². The topological polar surface area (TPSA) is 55.0 Å². The number of nitrogens with zero attached hydrogens (tertiary/aromatic N) is 2. The molecule has 0 N–H and O–H groups in total. The Kier molecular flexibility index (Phi) is 5.32. The predicted octanol–water partition coefficient (Wildman–Crippen LogP) is 4.87. The number of hydrogen-bond acceptors (Lipinski definition) is 3. The van der Waals surface area contributed by atoms with Crippen LogP contribution in [0.5, 0.6) is 5.75 Å². The SMILES string of the molecule is Cc1cc(OCC(=O)C(C#N)c2cc3ccccc3n2C)ccc1C(C)C. The maximum Gasteiger partial charge on any atom is 0.193 e. The van der Waals surface area contributed by atoms with Crippen molar-refractivity contribution in [2.24, 2.45) is 7.05 Å². The van der Waals surface area contributed by atoms with Crippen LogP contribution in [0.3, 0.4) is 0 Å². The van der Waals surface area contributed by atoms with Gasteiger partial charge >= 0.3 is 0 Å². The molecule has 1 atom stereocenters. The summed E-state index contributed by atoms with van der Waals surface area (Å²) < 4.78 is 7.60. The normalized spacial score (nSPS) is 12.1. The van der Waals surface area contributed by atoms with Gasteiger partial charge in [-0.3, -0.25) is 4.79 Å². The van der Waals surface area contributed by atoms with Crippen molar-refractivity contribution in [1.29, 1.82) is 5.26 Å². The number of fused-ring (bicyclic) bond motifs is 1. The Hall–Kier alpha value is -3.06. The number of para-hydroxylation sites is 1. The summed E-state index contributed by atoms with van der Waals surface area (Å²) in [5, 5.41) is 10.6. The number of nitriles is 1. The van der Waals surface area contributed by atoms with E-state index in [-0.39, 0.29) is 12.4 Å². The van der Waals surface area contributed by atoms with E-state index in [2.05, 4.69) is 19.9 Å². The van der Waals surface area contributed by atoms with Gasteiger partial charge in [-0.05, 0) is 53.6 Å². The van der Waals surface area contributed by atoms with Gasteiger partial charge in [0.2, 0.25) is 0 Å². The van der Waals surface area contributed by atoms with Gasteiger partial charge in [0.1, 0.15) is 18.3 Å². The lowest BCUT2D eigenvalue weighted by Crippen LogP contribution is -2.20. The number of carbonyl (C=O) groups excluding carboxylic acids is 1. The Morgan fingerprint density at radius 2 is 1.93 bits per heavy atom. The lowest BCUT2D eigenvalue weighted by Gasteiger charge is -2.14. The third-order valence-electron chi connectivity index (χ3n) is 4.98. The van der Waals surface area contributed by atoms with E-state index in [0.29, 0.717) is 17.4 Å². The molecule has 0 fully saturated rings. The van der Waals surface area contributed by atoms with Crippen molar-refractivity contribution >= 4 is 16.7 Å². The first-order chi connectivity index (χ1) is 12.9. The molecule has 0 bridgehead atoms. The minimum Gasteiger partial charge on any atom is -0.486 e. The molecule has 27 heavy (non-hydrogen) atoms. The van der Waals surface area contributed by atoms with Gasteiger partial charge in [0.05, 0.1) is 6.07 Å². The maximum atomic E-state index is 12.7. The largest absolute Gasteiger partial charge is 0.486 e. The number of aryl methyl sites for hydroxylation is 2. The third-order valence-corrected chi connectivity index (χ3v) is 4.98. The fourth-order valence-electron chi connectivity index (χ4n) is 3.51. The molecule has 0 saturated heterocycles. The van der Waals surface area contributed by atoms with Crippen LogP contribution in [0, 0.1) is 18.3 Å². The molecule has 1 heterocycles. The van der Waals surface area contributed by atoms with Crippen molar-refractivity contribution in [2.75, 3.05) is 6.61 Å². The number of Topliss-reactive ketones (excluding diaryl/α,β-unsaturated/α-hetero) is 1. The summed E-state index contributed by atoms with van der Waals surface area (Å²) >= 11 is 0. The minimum atomic E-state index is -0.849. The highest BCUT2D eigenvalue weighted by Crippen LogP contribution is 2.26. The van der Waals surface area contributed by atoms with E-state index in [9.17, 15) is 10.1 Å². The van der Waals surface area contributed by atoms with Crippen LogP contribution in [0.4, 0.5) is 0 Å². The van der Waals surface area contributed by atoms with Gasteiger partial charge in [0.25, 0.3) is 0 Å². The lowest BCUT2D eigenvalue weighted by molar-refractivity contribution is -0.121. The number of benzene rings is 2. The Balaban J connectivity index is 1.77. The van der Waals surface area contributed by atoms with Crippen LogP contribution in [0.15, 0.2) is 48.5 Å². The zero-order valence-corrected chi connectivity index (χ0v) is 16.2. The minimum absolute atomic E-state index is 0.125. The van der Waals surface area contributed by atoms with Crippen LogP contribution in [-0.4, -0.2) is 17.0 Å². The van der Waals surface area contributed by atoms with Crippen molar-refractivity contribution in [3.63, 3.8) is 0 Å². The summed E-state index contributed by atoms with van der Waals surface area (Å²) in [6.45, 7) is 6.21. The summed E-state index contributed by atoms with van der Waals surface area (Å²) in [6.07, 6.45) is 0. The van der Waals surface area contributed by atoms with E-state index in [0.717, 1.165) is 16.5 Å². The number of rotatable bonds is 6. The molecule has 0 spiro atoms. The van der Waals surface area contributed by atoms with Gasteiger partial charge in [0.15, 0.2) is 5.78 Å². The van der Waals surface area contributed by atoms with Crippen LogP contribution < -0.4 is 4.74 Å². The monoisotopic (exact) mass is 360 g/mol. The quantitative estimate of drug-likeness (QED) is 0.630. The van der Waals surface area contributed by atoms with Crippen molar-refractivity contribution in [2.45, 2.75) is 32.6 Å². The summed E-state index contributed by atoms with van der Waals surface area (Å²) in [7, 11) is 1.88. The van der Waals surface area contributed by atoms with Gasteiger partial charge < -0.3 is 9.30 Å². The molecule has 0 aliphatic rings. The fraction of sp³-hybridized carbons (Fsp3) is 0.304. The third kappa shape index (κ3) is 3.73. The van der Waals surface area contributed by atoms with E-state index in [1.807, 2.05) is 67.1 Å². The highest BCUT2D eigenvalue weighted by molar-refractivity contribution is 5.91. The first-order valence-corrected chi connectivity index (χ1v) is 9.12. The molecule has 0 aliphatic heterocycles. The van der Waals surface area contributed by atoms with Crippen LogP contribution in [0.1, 0.15) is 42.5 Å². The fourth-order valence-corrected chi connectivity index (χ4v) is 3.51. The average Bonchev–Trinajstić information content (AvgIpc) is 2.97. The number of ether oxygens (including phenoxy) is 1. The molecule has 4 heteroatoms. The molecule has 1 aromatic heterocycles. The van der Waals surface area contributed by atoms with Gasteiger partial charge in [0, 0.05) is 18.3 Å². The smallest absolute Gasteiger partial charge is 0.193 e. The van der Waals surface area contributed by atoms with E-state index >= 15 is 0 Å². The second-order valence-corrected chi connectivity index (χ2v) is 7.18. The molecule has 0 radical (unpaired) electrons. The summed E-state index contributed by atoms with van der Waals surface area (Å²) in [6, 6.07) is 17.8. The molecular formula is C23H24N2O2. The van der Waals surface area contributed by atoms with Crippen molar-refractivity contribution in [3.8, 4) is 11.8 Å². The second-order valence-electron chi connectivity index (χ2n) is 7.18. The average molecular weight is 360 g/mol. The van der Waals surface area contributed by atoms with Crippen molar-refractivity contribution in [3.05, 3.63) is 65.4 Å². The Morgan fingerprint density at radius 3 is 2.56 bits per heavy atom. The summed E-state index contributed by atoms with van der Waals surface area (Å²) in [5.41, 5.74) is 4.10. The van der Waals surface area contributed by atoms with E-state index < -0.39 is 5.92 Å². The zero-order chi connectivity index (χ0) is 19.6. The van der Waals surface area contributed by atoms with E-state index in [4.69, 9.17) is 4.74 Å². The molecule has 2 aromatic carbocycles. The molecule has 3 rings (SSSR count). The van der Waals surface area contributed by atoms with E-state index in [1.165, 1.54) is 5.56 Å². The number of hydrogen-bond donors (Lipinski definition) is 0. The molecule has 1 unspecified atom stereocenters. The first-order valence-electron chi connectivity index (χ1n) is 9.12. The van der Waals surface area contributed by atoms with Gasteiger partial charge in [-0.25, -0.2) is 0 Å². The number of ketones is 1. The predicted molar refractivity (Wildman–Crippen MR) is 107 cm³/mol. The molecule has 0 saturated carbocycles. The van der Waals surface area contributed by atoms with Crippen LogP contribution in [-0.2, 0) is 11.8 Å². The molecule has 4 nitrogen and oxygen atoms in total. The molecular weight excluding hydrogens is 336 g/mol. The van der Waals surface area contributed by atoms with Gasteiger partial charge in [-0.1, -0.05) is 38.1 Å². The molecule has 0 amide bonds. The Morgan fingerprint density at radius 1 is 1.19 bits per heavy atom. The summed E-state index contributed by atoms with van der Waals surface area (Å²) in [4.78, 5) is 12.7. The lowest BCUT2D eigenvalue weighted by atomic mass is 9.98. The van der Waals surface area contributed by atoms with E-state index in [1.54, 1.807) is 0 Å². The highest BCUT2D eigenvalue weighted by atomic mass is 16.5. The standard InChI is InChI=1S/C23H24N2O2/c1-15(2)19-10-9-18(11-16(19)3)27-14-23(26)20(13-24)22-12-17-7-5-6-8-21(17)25(22)4/h5-12,15,20H,14H2,1-4H3. The molecule has 3 aromatic rings.